The zero-order valence-corrected chi connectivity index (χ0v) is 9.65. The summed E-state index contributed by atoms with van der Waals surface area (Å²) in [4.78, 5) is 13.7. The summed E-state index contributed by atoms with van der Waals surface area (Å²) in [7, 11) is 0. The number of amides is 1. The van der Waals surface area contributed by atoms with Crippen LogP contribution in [0.1, 0.15) is 19.3 Å². The molecule has 2 fully saturated rings. The number of nitrogens with two attached hydrogens (primary N) is 1. The first-order chi connectivity index (χ1) is 7.74. The van der Waals surface area contributed by atoms with Crippen molar-refractivity contribution < 1.29 is 9.53 Å². The lowest BCUT2D eigenvalue weighted by atomic mass is 10.2. The van der Waals surface area contributed by atoms with E-state index in [1.165, 1.54) is 0 Å². The van der Waals surface area contributed by atoms with Crippen LogP contribution >= 0.6 is 0 Å². The molecule has 2 unspecified atom stereocenters. The van der Waals surface area contributed by atoms with Gasteiger partial charge in [0.05, 0.1) is 12.6 Å². The van der Waals surface area contributed by atoms with Crippen LogP contribution in [-0.4, -0.2) is 55.7 Å². The van der Waals surface area contributed by atoms with Gasteiger partial charge >= 0.3 is 0 Å². The molecule has 2 atom stereocenters. The fraction of sp³-hybridized carbons (Fsp3) is 0.909. The number of carbonyl (C=O) groups excluding carboxylic acids is 1. The first-order valence-electron chi connectivity index (χ1n) is 6.10. The smallest absolute Gasteiger partial charge is 0.234 e. The second-order valence-electron chi connectivity index (χ2n) is 4.72. The molecule has 0 aromatic carbocycles. The molecule has 3 N–H and O–H groups in total. The SMILES string of the molecule is NC1CCN(CC(=O)NCC2CCCO2)C1. The fourth-order valence-corrected chi connectivity index (χ4v) is 2.30. The van der Waals surface area contributed by atoms with Crippen molar-refractivity contribution in [1.29, 1.82) is 0 Å². The molecule has 0 radical (unpaired) electrons. The van der Waals surface area contributed by atoms with Gasteiger partial charge in [0.1, 0.15) is 0 Å². The normalized spacial score (nSPS) is 30.8. The van der Waals surface area contributed by atoms with E-state index in [1.807, 2.05) is 0 Å². The lowest BCUT2D eigenvalue weighted by Gasteiger charge is -2.16. The van der Waals surface area contributed by atoms with Crippen molar-refractivity contribution in [3.8, 4) is 0 Å². The van der Waals surface area contributed by atoms with Crippen LogP contribution in [0.5, 0.6) is 0 Å². The maximum Gasteiger partial charge on any atom is 0.234 e. The predicted octanol–water partition coefficient (Wildman–Crippen LogP) is -0.685. The van der Waals surface area contributed by atoms with Gasteiger partial charge in [-0.15, -0.1) is 0 Å². The molecule has 2 saturated heterocycles. The molecule has 92 valence electrons. The topological polar surface area (TPSA) is 67.6 Å². The van der Waals surface area contributed by atoms with Gasteiger partial charge in [0.2, 0.25) is 5.91 Å². The van der Waals surface area contributed by atoms with Gasteiger partial charge in [-0.05, 0) is 19.3 Å². The van der Waals surface area contributed by atoms with E-state index in [4.69, 9.17) is 10.5 Å². The average Bonchev–Trinajstić information content (AvgIpc) is 2.87. The van der Waals surface area contributed by atoms with E-state index in [-0.39, 0.29) is 18.1 Å². The molecule has 16 heavy (non-hydrogen) atoms. The maximum absolute atomic E-state index is 11.6. The predicted molar refractivity (Wildman–Crippen MR) is 61.0 cm³/mol. The lowest BCUT2D eigenvalue weighted by molar-refractivity contribution is -0.122. The Morgan fingerprint density at radius 3 is 3.00 bits per heavy atom. The quantitative estimate of drug-likeness (QED) is 0.667. The summed E-state index contributed by atoms with van der Waals surface area (Å²) in [5, 5.41) is 2.92. The third kappa shape index (κ3) is 3.43. The number of rotatable bonds is 4. The first-order valence-corrected chi connectivity index (χ1v) is 6.10. The van der Waals surface area contributed by atoms with Gasteiger partial charge in [0.25, 0.3) is 0 Å². The van der Waals surface area contributed by atoms with E-state index in [1.54, 1.807) is 0 Å². The molecule has 2 heterocycles. The number of hydrogen-bond donors (Lipinski definition) is 2. The first kappa shape index (κ1) is 11.8. The van der Waals surface area contributed by atoms with Crippen LogP contribution in [0.2, 0.25) is 0 Å². The van der Waals surface area contributed by atoms with Crippen LogP contribution in [0.3, 0.4) is 0 Å². The Morgan fingerprint density at radius 1 is 1.50 bits per heavy atom. The Labute approximate surface area is 96.3 Å². The van der Waals surface area contributed by atoms with Gasteiger partial charge < -0.3 is 15.8 Å². The van der Waals surface area contributed by atoms with Crippen LogP contribution in [0, 0.1) is 0 Å². The van der Waals surface area contributed by atoms with Gasteiger partial charge in [0.15, 0.2) is 0 Å². The average molecular weight is 227 g/mol. The van der Waals surface area contributed by atoms with Gasteiger partial charge in [-0.2, -0.15) is 0 Å². The van der Waals surface area contributed by atoms with Crippen molar-refractivity contribution in [1.82, 2.24) is 10.2 Å². The minimum atomic E-state index is 0.0876. The van der Waals surface area contributed by atoms with Crippen molar-refractivity contribution in [3.05, 3.63) is 0 Å². The maximum atomic E-state index is 11.6. The zero-order chi connectivity index (χ0) is 11.4. The number of likely N-dealkylation sites (tertiary alicyclic amines) is 1. The van der Waals surface area contributed by atoms with E-state index >= 15 is 0 Å². The standard InChI is InChI=1S/C11H21N3O2/c12-9-3-4-14(7-9)8-11(15)13-6-10-2-1-5-16-10/h9-10H,1-8,12H2,(H,13,15). The molecule has 2 rings (SSSR count). The van der Waals surface area contributed by atoms with Crippen LogP contribution in [-0.2, 0) is 9.53 Å². The molecule has 2 aliphatic rings. The van der Waals surface area contributed by atoms with E-state index in [0.717, 1.165) is 39.0 Å². The van der Waals surface area contributed by atoms with Crippen molar-refractivity contribution in [2.75, 3.05) is 32.8 Å². The molecule has 0 spiro atoms. The Bertz CT molecular complexity index is 241. The number of carbonyl (C=O) groups is 1. The highest BCUT2D eigenvalue weighted by molar-refractivity contribution is 5.78. The number of nitrogens with zero attached hydrogens (tertiary/aromatic N) is 1. The molecule has 5 nitrogen and oxygen atoms in total. The lowest BCUT2D eigenvalue weighted by Crippen LogP contribution is -2.40. The minimum Gasteiger partial charge on any atom is -0.376 e. The second-order valence-corrected chi connectivity index (χ2v) is 4.72. The third-order valence-electron chi connectivity index (χ3n) is 3.23. The Kier molecular flexibility index (Phi) is 4.15. The highest BCUT2D eigenvalue weighted by Gasteiger charge is 2.21. The minimum absolute atomic E-state index is 0.0876. The van der Waals surface area contributed by atoms with Crippen molar-refractivity contribution >= 4 is 5.91 Å². The molecular weight excluding hydrogens is 206 g/mol. The molecule has 0 aliphatic carbocycles. The Balaban J connectivity index is 1.60. The fourth-order valence-electron chi connectivity index (χ4n) is 2.30. The second kappa shape index (κ2) is 5.61. The van der Waals surface area contributed by atoms with E-state index in [0.29, 0.717) is 13.1 Å². The zero-order valence-electron chi connectivity index (χ0n) is 9.65. The summed E-state index contributed by atoms with van der Waals surface area (Å²) in [5.41, 5.74) is 5.78. The molecule has 0 aromatic heterocycles. The summed E-state index contributed by atoms with van der Waals surface area (Å²) in [5.74, 6) is 0.0876. The summed E-state index contributed by atoms with van der Waals surface area (Å²) < 4.78 is 5.44. The molecular formula is C11H21N3O2. The van der Waals surface area contributed by atoms with Crippen LogP contribution in [0.4, 0.5) is 0 Å². The van der Waals surface area contributed by atoms with Gasteiger partial charge in [-0.3, -0.25) is 9.69 Å². The van der Waals surface area contributed by atoms with Gasteiger partial charge in [-0.1, -0.05) is 0 Å². The van der Waals surface area contributed by atoms with Crippen LogP contribution < -0.4 is 11.1 Å². The third-order valence-corrected chi connectivity index (χ3v) is 3.23. The van der Waals surface area contributed by atoms with Crippen molar-refractivity contribution in [2.24, 2.45) is 5.73 Å². The largest absolute Gasteiger partial charge is 0.376 e. The molecule has 2 aliphatic heterocycles. The van der Waals surface area contributed by atoms with Crippen molar-refractivity contribution in [2.45, 2.75) is 31.4 Å². The Hall–Kier alpha value is -0.650. The molecule has 0 aromatic rings. The molecule has 0 bridgehead atoms. The van der Waals surface area contributed by atoms with Crippen molar-refractivity contribution in [3.63, 3.8) is 0 Å². The number of ether oxygens (including phenoxy) is 1. The molecule has 1 amide bonds. The van der Waals surface area contributed by atoms with Gasteiger partial charge in [-0.25, -0.2) is 0 Å². The molecule has 5 heteroatoms. The van der Waals surface area contributed by atoms with E-state index < -0.39 is 0 Å². The number of nitrogens with one attached hydrogen (secondary N) is 1. The highest BCUT2D eigenvalue weighted by Crippen LogP contribution is 2.10. The van der Waals surface area contributed by atoms with E-state index in [2.05, 4.69) is 10.2 Å². The Morgan fingerprint density at radius 2 is 2.38 bits per heavy atom. The van der Waals surface area contributed by atoms with Crippen LogP contribution in [0.25, 0.3) is 0 Å². The monoisotopic (exact) mass is 227 g/mol. The van der Waals surface area contributed by atoms with Crippen LogP contribution in [0.15, 0.2) is 0 Å². The van der Waals surface area contributed by atoms with E-state index in [9.17, 15) is 4.79 Å². The highest BCUT2D eigenvalue weighted by atomic mass is 16.5. The summed E-state index contributed by atoms with van der Waals surface area (Å²) in [6, 6.07) is 0.242. The summed E-state index contributed by atoms with van der Waals surface area (Å²) in [6.45, 7) is 3.74. The van der Waals surface area contributed by atoms with Gasteiger partial charge in [0, 0.05) is 32.3 Å². The number of hydrogen-bond acceptors (Lipinski definition) is 4. The summed E-state index contributed by atoms with van der Waals surface area (Å²) >= 11 is 0. The summed E-state index contributed by atoms with van der Waals surface area (Å²) in [6.07, 6.45) is 3.40. The molecule has 0 saturated carbocycles.